The number of carbonyl (C=O) groups excluding carboxylic acids is 1. The summed E-state index contributed by atoms with van der Waals surface area (Å²) in [4.78, 5) is 12.5. The quantitative estimate of drug-likeness (QED) is 0.593. The van der Waals surface area contributed by atoms with Crippen LogP contribution in [-0.4, -0.2) is 48.0 Å². The average Bonchev–Trinajstić information content (AvgIpc) is 3.14. The summed E-state index contributed by atoms with van der Waals surface area (Å²) in [5.74, 6) is 0.312. The van der Waals surface area contributed by atoms with Gasteiger partial charge in [-0.15, -0.1) is 12.4 Å². The molecule has 2 heterocycles. The van der Waals surface area contributed by atoms with Gasteiger partial charge in [-0.05, 0) is 18.4 Å². The van der Waals surface area contributed by atoms with Crippen LogP contribution < -0.4 is 10.6 Å². The lowest BCUT2D eigenvalue weighted by molar-refractivity contribution is -0.125. The maximum absolute atomic E-state index is 12.5. The Bertz CT molecular complexity index is 529. The minimum atomic E-state index is -0.0212. The highest BCUT2D eigenvalue weighted by molar-refractivity contribution is 5.85. The fourth-order valence-electron chi connectivity index (χ4n) is 3.88. The molecule has 1 saturated heterocycles. The van der Waals surface area contributed by atoms with E-state index in [-0.39, 0.29) is 30.2 Å². The molecular formula is C18H31ClN4O2. The van der Waals surface area contributed by atoms with Crippen molar-refractivity contribution in [3.8, 4) is 0 Å². The lowest BCUT2D eigenvalue weighted by Crippen LogP contribution is -2.36. The molecule has 25 heavy (non-hydrogen) atoms. The van der Waals surface area contributed by atoms with Crippen molar-refractivity contribution in [1.29, 1.82) is 0 Å². The van der Waals surface area contributed by atoms with Crippen molar-refractivity contribution in [3.63, 3.8) is 0 Å². The Balaban J connectivity index is 0.00000225. The minimum absolute atomic E-state index is 0. The first-order valence-electron chi connectivity index (χ1n) is 9.32. The smallest absolute Gasteiger partial charge is 0.225 e. The highest BCUT2D eigenvalue weighted by atomic mass is 35.5. The van der Waals surface area contributed by atoms with E-state index >= 15 is 0 Å². The number of aryl methyl sites for hydroxylation is 1. The molecule has 0 spiro atoms. The van der Waals surface area contributed by atoms with Gasteiger partial charge in [0.1, 0.15) is 0 Å². The molecule has 0 bridgehead atoms. The summed E-state index contributed by atoms with van der Waals surface area (Å²) in [5.41, 5.74) is 1.14. The van der Waals surface area contributed by atoms with Crippen molar-refractivity contribution in [2.24, 2.45) is 13.0 Å². The van der Waals surface area contributed by atoms with E-state index in [0.717, 1.165) is 18.7 Å². The maximum Gasteiger partial charge on any atom is 0.225 e. The van der Waals surface area contributed by atoms with Crippen molar-refractivity contribution in [2.45, 2.75) is 50.5 Å². The summed E-state index contributed by atoms with van der Waals surface area (Å²) in [6.07, 6.45) is 11.8. The molecule has 2 aliphatic rings. The molecule has 2 N–H and O–H groups in total. The summed E-state index contributed by atoms with van der Waals surface area (Å²) in [7, 11) is 1.91. The molecule has 0 radical (unpaired) electrons. The fraction of sp³-hybridized carbons (Fsp3) is 0.778. The van der Waals surface area contributed by atoms with Gasteiger partial charge in [-0.1, -0.05) is 25.7 Å². The van der Waals surface area contributed by atoms with Crippen LogP contribution in [0.15, 0.2) is 12.4 Å². The van der Waals surface area contributed by atoms with E-state index in [0.29, 0.717) is 19.3 Å². The van der Waals surface area contributed by atoms with Gasteiger partial charge in [-0.25, -0.2) is 0 Å². The molecule has 3 rings (SSSR count). The van der Waals surface area contributed by atoms with Crippen LogP contribution >= 0.6 is 12.4 Å². The van der Waals surface area contributed by atoms with Crippen molar-refractivity contribution in [2.75, 3.05) is 26.2 Å². The molecule has 0 unspecified atom stereocenters. The number of ether oxygens (including phenoxy) is 1. The molecule has 7 heteroatoms. The number of nitrogens with one attached hydrogen (secondary N) is 2. The van der Waals surface area contributed by atoms with Gasteiger partial charge in [0.25, 0.3) is 0 Å². The van der Waals surface area contributed by atoms with Gasteiger partial charge in [0.15, 0.2) is 0 Å². The fourth-order valence-corrected chi connectivity index (χ4v) is 3.88. The molecule has 6 nitrogen and oxygen atoms in total. The number of carbonyl (C=O) groups is 1. The van der Waals surface area contributed by atoms with Crippen molar-refractivity contribution >= 4 is 18.3 Å². The molecule has 2 fully saturated rings. The molecule has 1 aromatic heterocycles. The predicted octanol–water partition coefficient (Wildman–Crippen LogP) is 2.00. The number of hydrogen-bond donors (Lipinski definition) is 2. The van der Waals surface area contributed by atoms with Crippen molar-refractivity contribution < 1.29 is 9.53 Å². The van der Waals surface area contributed by atoms with Gasteiger partial charge in [-0.3, -0.25) is 9.48 Å². The Morgan fingerprint density at radius 1 is 1.32 bits per heavy atom. The van der Waals surface area contributed by atoms with Crippen molar-refractivity contribution in [3.05, 3.63) is 18.0 Å². The van der Waals surface area contributed by atoms with Gasteiger partial charge in [-0.2, -0.15) is 5.10 Å². The van der Waals surface area contributed by atoms with Crippen LogP contribution in [0.1, 0.15) is 50.0 Å². The number of amides is 1. The third-order valence-electron chi connectivity index (χ3n) is 5.26. The van der Waals surface area contributed by atoms with Crippen LogP contribution in [0.3, 0.4) is 0 Å². The number of halogens is 1. The van der Waals surface area contributed by atoms with Crippen LogP contribution in [0.2, 0.25) is 0 Å². The van der Waals surface area contributed by atoms with E-state index in [1.165, 1.54) is 38.5 Å². The van der Waals surface area contributed by atoms with E-state index in [2.05, 4.69) is 15.7 Å². The second kappa shape index (κ2) is 10.1. The molecule has 142 valence electrons. The second-order valence-corrected chi connectivity index (χ2v) is 7.09. The summed E-state index contributed by atoms with van der Waals surface area (Å²) in [6, 6.07) is 0. The van der Waals surface area contributed by atoms with Gasteiger partial charge in [0, 0.05) is 38.8 Å². The Kier molecular flexibility index (Phi) is 8.19. The first-order valence-corrected chi connectivity index (χ1v) is 9.32. The van der Waals surface area contributed by atoms with E-state index in [4.69, 9.17) is 4.74 Å². The van der Waals surface area contributed by atoms with Gasteiger partial charge in [0.05, 0.1) is 24.8 Å². The monoisotopic (exact) mass is 370 g/mol. The minimum Gasteiger partial charge on any atom is -0.376 e. The number of nitrogens with zero attached hydrogens (tertiary/aromatic N) is 2. The van der Waals surface area contributed by atoms with Gasteiger partial charge in [0.2, 0.25) is 5.91 Å². The summed E-state index contributed by atoms with van der Waals surface area (Å²) >= 11 is 0. The van der Waals surface area contributed by atoms with Crippen LogP contribution in [0.25, 0.3) is 0 Å². The summed E-state index contributed by atoms with van der Waals surface area (Å²) in [6.45, 7) is 2.79. The highest BCUT2D eigenvalue weighted by Crippen LogP contribution is 2.27. The Morgan fingerprint density at radius 2 is 2.08 bits per heavy atom. The third kappa shape index (κ3) is 5.69. The number of aromatic nitrogens is 2. The topological polar surface area (TPSA) is 68.2 Å². The zero-order valence-corrected chi connectivity index (χ0v) is 15.9. The SMILES string of the molecule is Cl.Cn1cc([C@H]2CNC[C@@H]2C(=O)NCCOC2CCCCCC2)cn1. The number of hydrogen-bond acceptors (Lipinski definition) is 4. The first-order chi connectivity index (χ1) is 11.7. The Hall–Kier alpha value is -1.11. The second-order valence-electron chi connectivity index (χ2n) is 7.09. The lowest BCUT2D eigenvalue weighted by atomic mass is 9.90. The van der Waals surface area contributed by atoms with E-state index < -0.39 is 0 Å². The lowest BCUT2D eigenvalue weighted by Gasteiger charge is -2.18. The predicted molar refractivity (Wildman–Crippen MR) is 100 cm³/mol. The molecule has 1 aromatic rings. The van der Waals surface area contributed by atoms with Crippen LogP contribution in [0, 0.1) is 5.92 Å². The molecule has 2 atom stereocenters. The molecule has 1 aliphatic heterocycles. The normalized spacial score (nSPS) is 24.5. The number of rotatable bonds is 6. The zero-order valence-electron chi connectivity index (χ0n) is 15.1. The maximum atomic E-state index is 12.5. The average molecular weight is 371 g/mol. The van der Waals surface area contributed by atoms with Gasteiger partial charge < -0.3 is 15.4 Å². The van der Waals surface area contributed by atoms with E-state index in [1.807, 2.05) is 19.4 Å². The van der Waals surface area contributed by atoms with E-state index in [1.54, 1.807) is 4.68 Å². The first kappa shape index (κ1) is 20.2. The largest absolute Gasteiger partial charge is 0.376 e. The molecule has 1 saturated carbocycles. The molecular weight excluding hydrogens is 340 g/mol. The molecule has 0 aromatic carbocycles. The van der Waals surface area contributed by atoms with Crippen molar-refractivity contribution in [1.82, 2.24) is 20.4 Å². The van der Waals surface area contributed by atoms with Crippen LogP contribution in [0.4, 0.5) is 0 Å². The summed E-state index contributed by atoms with van der Waals surface area (Å²) < 4.78 is 7.74. The zero-order chi connectivity index (χ0) is 16.8. The van der Waals surface area contributed by atoms with Crippen LogP contribution in [0.5, 0.6) is 0 Å². The Labute approximate surface area is 156 Å². The standard InChI is InChI=1S/C18H30N4O2.ClH/c1-22-13-14(10-21-22)16-11-19-12-17(16)18(23)20-8-9-24-15-6-4-2-3-5-7-15;/h10,13,15-17,19H,2-9,11-12H2,1H3,(H,20,23);1H/t16-,17+;/m1./s1. The third-order valence-corrected chi connectivity index (χ3v) is 5.26. The Morgan fingerprint density at radius 3 is 2.76 bits per heavy atom. The molecule has 1 aliphatic carbocycles. The summed E-state index contributed by atoms with van der Waals surface area (Å²) in [5, 5.41) is 10.6. The molecule has 1 amide bonds. The van der Waals surface area contributed by atoms with Crippen LogP contribution in [-0.2, 0) is 16.6 Å². The highest BCUT2D eigenvalue weighted by Gasteiger charge is 2.34. The van der Waals surface area contributed by atoms with Gasteiger partial charge >= 0.3 is 0 Å². The van der Waals surface area contributed by atoms with E-state index in [9.17, 15) is 4.79 Å².